The Kier molecular flexibility index (Phi) is 2.23. The summed E-state index contributed by atoms with van der Waals surface area (Å²) in [6.07, 6.45) is 6.89. The first-order valence-corrected chi connectivity index (χ1v) is 4.60. The average Bonchev–Trinajstić information content (AvgIpc) is 2.21. The number of hydrogen-bond acceptors (Lipinski definition) is 1. The van der Waals surface area contributed by atoms with Gasteiger partial charge >= 0.3 is 0 Å². The molecule has 0 saturated carbocycles. The number of benzene rings is 1. The molecule has 0 fully saturated rings. The molecule has 1 aliphatic carbocycles. The molecule has 2 rings (SSSR count). The van der Waals surface area contributed by atoms with Gasteiger partial charge < -0.3 is 0 Å². The molecule has 0 unspecified atom stereocenters. The molecule has 0 heterocycles. The summed E-state index contributed by atoms with van der Waals surface area (Å²) >= 11 is 0. The summed E-state index contributed by atoms with van der Waals surface area (Å²) < 4.78 is 0. The van der Waals surface area contributed by atoms with Crippen LogP contribution >= 0.6 is 0 Å². The first-order valence-electron chi connectivity index (χ1n) is 4.60. The van der Waals surface area contributed by atoms with Gasteiger partial charge in [-0.2, -0.15) is 0 Å². The van der Waals surface area contributed by atoms with Gasteiger partial charge in [-0.15, -0.1) is 0 Å². The minimum atomic E-state index is 0.0564. The molecule has 0 radical (unpaired) electrons. The number of rotatable bonds is 1. The SMILES string of the molecule is Cc1ccc([C+]2C=CC(=O)C=C2)cc1. The summed E-state index contributed by atoms with van der Waals surface area (Å²) in [4.78, 5) is 10.9. The standard InChI is InChI=1S/C13H11O/c1-10-2-4-11(5-3-10)12-6-8-13(14)9-7-12/h2-9H,1H3/q+1. The van der Waals surface area contributed by atoms with Gasteiger partial charge in [0.25, 0.3) is 0 Å². The minimum Gasteiger partial charge on any atom is -0.271 e. The maximum Gasteiger partial charge on any atom is 0.242 e. The lowest BCUT2D eigenvalue weighted by Gasteiger charge is -2.03. The zero-order valence-corrected chi connectivity index (χ0v) is 8.03. The van der Waals surface area contributed by atoms with Gasteiger partial charge in [0.1, 0.15) is 0 Å². The van der Waals surface area contributed by atoms with Gasteiger partial charge in [0.05, 0.1) is 11.5 Å². The van der Waals surface area contributed by atoms with E-state index in [1.165, 1.54) is 5.56 Å². The van der Waals surface area contributed by atoms with Gasteiger partial charge in [0, 0.05) is 36.4 Å². The molecule has 0 saturated heterocycles. The van der Waals surface area contributed by atoms with Crippen molar-refractivity contribution in [3.63, 3.8) is 0 Å². The summed E-state index contributed by atoms with van der Waals surface area (Å²) in [7, 11) is 0. The Morgan fingerprint density at radius 3 is 2.14 bits per heavy atom. The van der Waals surface area contributed by atoms with E-state index < -0.39 is 0 Å². The Balaban J connectivity index is 2.24. The highest BCUT2D eigenvalue weighted by molar-refractivity contribution is 6.01. The fourth-order valence-corrected chi connectivity index (χ4v) is 1.39. The second kappa shape index (κ2) is 3.54. The van der Waals surface area contributed by atoms with Crippen molar-refractivity contribution >= 4 is 5.78 Å². The fraction of sp³-hybridized carbons (Fsp3) is 0.0769. The first kappa shape index (κ1) is 8.82. The molecule has 1 aliphatic rings. The van der Waals surface area contributed by atoms with Crippen molar-refractivity contribution in [2.75, 3.05) is 0 Å². The van der Waals surface area contributed by atoms with Gasteiger partial charge in [0.15, 0.2) is 0 Å². The van der Waals surface area contributed by atoms with Crippen LogP contribution in [-0.2, 0) is 4.79 Å². The molecule has 0 amide bonds. The Bertz CT molecular complexity index is 380. The van der Waals surface area contributed by atoms with E-state index in [-0.39, 0.29) is 5.78 Å². The van der Waals surface area contributed by atoms with Gasteiger partial charge in [0.2, 0.25) is 5.78 Å². The van der Waals surface area contributed by atoms with Crippen LogP contribution in [0.5, 0.6) is 0 Å². The van der Waals surface area contributed by atoms with E-state index in [9.17, 15) is 4.79 Å². The smallest absolute Gasteiger partial charge is 0.242 e. The van der Waals surface area contributed by atoms with Gasteiger partial charge in [-0.05, 0) is 24.6 Å². The van der Waals surface area contributed by atoms with Crippen LogP contribution in [0.15, 0.2) is 48.6 Å². The van der Waals surface area contributed by atoms with Crippen molar-refractivity contribution in [1.82, 2.24) is 0 Å². The molecular formula is C13H11O+. The Morgan fingerprint density at radius 1 is 1.00 bits per heavy atom. The van der Waals surface area contributed by atoms with Crippen LogP contribution in [0.2, 0.25) is 0 Å². The van der Waals surface area contributed by atoms with Crippen molar-refractivity contribution in [1.29, 1.82) is 0 Å². The normalized spacial score (nSPS) is 14.9. The van der Waals surface area contributed by atoms with Crippen LogP contribution < -0.4 is 0 Å². The van der Waals surface area contributed by atoms with Crippen molar-refractivity contribution in [2.45, 2.75) is 6.92 Å². The molecule has 0 N–H and O–H groups in total. The monoisotopic (exact) mass is 183 g/mol. The highest BCUT2D eigenvalue weighted by Gasteiger charge is 2.14. The summed E-state index contributed by atoms with van der Waals surface area (Å²) in [6.45, 7) is 2.06. The van der Waals surface area contributed by atoms with E-state index in [2.05, 4.69) is 31.2 Å². The highest BCUT2D eigenvalue weighted by Crippen LogP contribution is 2.20. The van der Waals surface area contributed by atoms with Crippen LogP contribution in [0, 0.1) is 12.8 Å². The number of hydrogen-bond donors (Lipinski definition) is 0. The van der Waals surface area contributed by atoms with Crippen LogP contribution in [-0.4, -0.2) is 5.78 Å². The van der Waals surface area contributed by atoms with Crippen molar-refractivity contribution < 1.29 is 4.79 Å². The summed E-state index contributed by atoms with van der Waals surface area (Å²) in [5, 5.41) is 0. The van der Waals surface area contributed by atoms with E-state index in [0.717, 1.165) is 11.5 Å². The maximum absolute atomic E-state index is 10.9. The van der Waals surface area contributed by atoms with Gasteiger partial charge in [-0.25, -0.2) is 0 Å². The summed E-state index contributed by atoms with van der Waals surface area (Å²) in [5.41, 5.74) is 2.39. The predicted octanol–water partition coefficient (Wildman–Crippen LogP) is 2.61. The van der Waals surface area contributed by atoms with Crippen LogP contribution in [0.1, 0.15) is 11.1 Å². The third-order valence-corrected chi connectivity index (χ3v) is 2.24. The molecule has 1 aromatic rings. The lowest BCUT2D eigenvalue weighted by Crippen LogP contribution is -2.00. The lowest BCUT2D eigenvalue weighted by molar-refractivity contribution is -0.110. The Morgan fingerprint density at radius 2 is 1.57 bits per heavy atom. The number of ketones is 1. The minimum absolute atomic E-state index is 0.0564. The average molecular weight is 183 g/mol. The molecule has 1 aromatic carbocycles. The summed E-state index contributed by atoms with van der Waals surface area (Å²) in [5.74, 6) is 1.14. The van der Waals surface area contributed by atoms with Crippen molar-refractivity contribution in [3.8, 4) is 0 Å². The van der Waals surface area contributed by atoms with Crippen molar-refractivity contribution in [3.05, 3.63) is 65.6 Å². The molecule has 68 valence electrons. The van der Waals surface area contributed by atoms with Crippen LogP contribution in [0.25, 0.3) is 0 Å². The van der Waals surface area contributed by atoms with E-state index >= 15 is 0 Å². The van der Waals surface area contributed by atoms with Gasteiger partial charge in [-0.3, -0.25) is 4.79 Å². The maximum atomic E-state index is 10.9. The second-order valence-electron chi connectivity index (χ2n) is 3.39. The Hall–Kier alpha value is -1.76. The zero-order chi connectivity index (χ0) is 9.97. The largest absolute Gasteiger partial charge is 0.271 e. The summed E-state index contributed by atoms with van der Waals surface area (Å²) in [6, 6.07) is 8.27. The Labute approximate surface area is 83.8 Å². The van der Waals surface area contributed by atoms with E-state index in [0.29, 0.717) is 0 Å². The topological polar surface area (TPSA) is 17.1 Å². The molecule has 1 nitrogen and oxygen atoms in total. The highest BCUT2D eigenvalue weighted by atomic mass is 16.1. The molecule has 0 spiro atoms. The van der Waals surface area contributed by atoms with E-state index in [4.69, 9.17) is 0 Å². The fourth-order valence-electron chi connectivity index (χ4n) is 1.39. The second-order valence-corrected chi connectivity index (χ2v) is 3.39. The number of allylic oxidation sites excluding steroid dienone is 4. The number of carbonyl (C=O) groups is 1. The number of carbonyl (C=O) groups excluding carboxylic acids is 1. The third kappa shape index (κ3) is 1.77. The molecule has 0 aliphatic heterocycles. The first-order chi connectivity index (χ1) is 6.75. The van der Waals surface area contributed by atoms with Gasteiger partial charge in [-0.1, -0.05) is 0 Å². The molecule has 0 aromatic heterocycles. The quantitative estimate of drug-likeness (QED) is 0.612. The molecule has 0 bridgehead atoms. The third-order valence-electron chi connectivity index (χ3n) is 2.24. The van der Waals surface area contributed by atoms with E-state index in [1.807, 2.05) is 12.2 Å². The predicted molar refractivity (Wildman–Crippen MR) is 56.8 cm³/mol. The zero-order valence-electron chi connectivity index (χ0n) is 8.03. The molecular weight excluding hydrogens is 172 g/mol. The molecule has 0 atom stereocenters. The lowest BCUT2D eigenvalue weighted by atomic mass is 9.94. The molecule has 1 heteroatoms. The molecule has 14 heavy (non-hydrogen) atoms. The van der Waals surface area contributed by atoms with Crippen LogP contribution in [0.3, 0.4) is 0 Å². The van der Waals surface area contributed by atoms with Crippen LogP contribution in [0.4, 0.5) is 0 Å². The van der Waals surface area contributed by atoms with Crippen molar-refractivity contribution in [2.24, 2.45) is 0 Å². The van der Waals surface area contributed by atoms with E-state index in [1.54, 1.807) is 12.2 Å². The number of aryl methyl sites for hydroxylation is 1.